The van der Waals surface area contributed by atoms with Crippen LogP contribution < -0.4 is 10.9 Å². The van der Waals surface area contributed by atoms with E-state index in [4.69, 9.17) is 11.6 Å². The number of carbonyl (C=O) groups is 1. The number of hydrogen-bond acceptors (Lipinski definition) is 5. The Morgan fingerprint density at radius 3 is 2.70 bits per heavy atom. The van der Waals surface area contributed by atoms with Gasteiger partial charge in [-0.1, -0.05) is 55.4 Å². The molecule has 33 heavy (non-hydrogen) atoms. The van der Waals surface area contributed by atoms with E-state index >= 15 is 0 Å². The van der Waals surface area contributed by atoms with Gasteiger partial charge >= 0.3 is 0 Å². The van der Waals surface area contributed by atoms with E-state index in [9.17, 15) is 9.59 Å². The summed E-state index contributed by atoms with van der Waals surface area (Å²) in [4.78, 5) is 26.0. The second kappa shape index (κ2) is 9.97. The Kier molecular flexibility index (Phi) is 7.05. The van der Waals surface area contributed by atoms with E-state index in [0.29, 0.717) is 44.7 Å². The molecule has 1 atom stereocenters. The lowest BCUT2D eigenvalue weighted by atomic mass is 10.1. The molecule has 4 aromatic rings. The number of carbonyl (C=O) groups excluding carboxylic acids is 1. The average Bonchev–Trinajstić information content (AvgIpc) is 3.24. The van der Waals surface area contributed by atoms with Gasteiger partial charge in [-0.05, 0) is 49.6 Å². The van der Waals surface area contributed by atoms with Crippen LogP contribution in [0.25, 0.3) is 16.7 Å². The van der Waals surface area contributed by atoms with Crippen molar-refractivity contribution < 1.29 is 4.79 Å². The number of aromatic nitrogens is 4. The van der Waals surface area contributed by atoms with E-state index in [1.807, 2.05) is 49.4 Å². The molecule has 0 aliphatic rings. The molecule has 0 spiro atoms. The highest BCUT2D eigenvalue weighted by atomic mass is 35.5. The number of amides is 1. The van der Waals surface area contributed by atoms with E-state index in [1.165, 1.54) is 11.8 Å². The van der Waals surface area contributed by atoms with Gasteiger partial charge in [0.2, 0.25) is 5.78 Å². The summed E-state index contributed by atoms with van der Waals surface area (Å²) in [7, 11) is 0. The van der Waals surface area contributed by atoms with Crippen molar-refractivity contribution in [1.29, 1.82) is 0 Å². The number of benzene rings is 2. The molecular formula is C24H26ClN5O2S. The third-order valence-electron chi connectivity index (χ3n) is 5.59. The van der Waals surface area contributed by atoms with Crippen molar-refractivity contribution in [1.82, 2.24) is 24.5 Å². The Labute approximate surface area is 201 Å². The zero-order valence-corrected chi connectivity index (χ0v) is 20.4. The lowest BCUT2D eigenvalue weighted by Gasteiger charge is -2.14. The predicted molar refractivity (Wildman–Crippen MR) is 133 cm³/mol. The lowest BCUT2D eigenvalue weighted by molar-refractivity contribution is 0.0939. The SMILES string of the molecule is CCCn1c(=O)c2ccc(C(=O)N[C@H](C)CC)cc2n2c(SCc3ccccc3Cl)nnc12. The first-order valence-corrected chi connectivity index (χ1v) is 12.4. The maximum Gasteiger partial charge on any atom is 0.262 e. The topological polar surface area (TPSA) is 81.3 Å². The molecule has 9 heteroatoms. The third kappa shape index (κ3) is 4.63. The summed E-state index contributed by atoms with van der Waals surface area (Å²) in [5.41, 5.74) is 1.96. The van der Waals surface area contributed by atoms with E-state index < -0.39 is 0 Å². The van der Waals surface area contributed by atoms with Gasteiger partial charge in [-0.15, -0.1) is 10.2 Å². The summed E-state index contributed by atoms with van der Waals surface area (Å²) >= 11 is 7.82. The quantitative estimate of drug-likeness (QED) is 0.359. The van der Waals surface area contributed by atoms with Crippen LogP contribution in [0, 0.1) is 0 Å². The Bertz CT molecular complexity index is 1380. The fourth-order valence-electron chi connectivity index (χ4n) is 3.61. The Morgan fingerprint density at radius 1 is 1.18 bits per heavy atom. The van der Waals surface area contributed by atoms with Crippen molar-refractivity contribution in [2.75, 3.05) is 0 Å². The molecule has 1 amide bonds. The molecule has 7 nitrogen and oxygen atoms in total. The molecule has 0 unspecified atom stereocenters. The molecule has 4 rings (SSSR count). The predicted octanol–water partition coefficient (Wildman–Crippen LogP) is 4.93. The monoisotopic (exact) mass is 483 g/mol. The minimum absolute atomic E-state index is 0.0578. The molecule has 0 bridgehead atoms. The average molecular weight is 484 g/mol. The Hall–Kier alpha value is -2.84. The van der Waals surface area contributed by atoms with Crippen molar-refractivity contribution in [2.45, 2.75) is 57.1 Å². The van der Waals surface area contributed by atoms with Gasteiger partial charge in [-0.25, -0.2) is 0 Å². The van der Waals surface area contributed by atoms with Gasteiger partial charge < -0.3 is 5.32 Å². The first-order chi connectivity index (χ1) is 15.9. The number of thioether (sulfide) groups is 1. The van der Waals surface area contributed by atoms with Crippen LogP contribution in [0.2, 0.25) is 5.02 Å². The fraction of sp³-hybridized carbons (Fsp3) is 0.333. The highest BCUT2D eigenvalue weighted by molar-refractivity contribution is 7.98. The summed E-state index contributed by atoms with van der Waals surface area (Å²) < 4.78 is 3.52. The minimum Gasteiger partial charge on any atom is -0.350 e. The van der Waals surface area contributed by atoms with Crippen molar-refractivity contribution in [3.05, 3.63) is 69.0 Å². The molecular weight excluding hydrogens is 458 g/mol. The first-order valence-electron chi connectivity index (χ1n) is 11.0. The standard InChI is InChI=1S/C24H26ClN5O2S/c1-4-12-29-22(32)18-11-10-16(21(31)26-15(3)5-2)13-20(18)30-23(29)27-28-24(30)33-14-17-8-6-7-9-19(17)25/h6-11,13,15H,4-5,12,14H2,1-3H3,(H,26,31)/t15-/m1/s1. The molecule has 0 aliphatic carbocycles. The highest BCUT2D eigenvalue weighted by Crippen LogP contribution is 2.28. The normalized spacial score (nSPS) is 12.4. The molecule has 0 radical (unpaired) electrons. The van der Waals surface area contributed by atoms with Crippen LogP contribution in [0.5, 0.6) is 0 Å². The second-order valence-electron chi connectivity index (χ2n) is 7.97. The van der Waals surface area contributed by atoms with Crippen LogP contribution in [0.3, 0.4) is 0 Å². The Balaban J connectivity index is 1.85. The number of rotatable bonds is 8. The molecule has 2 aromatic carbocycles. The fourth-order valence-corrected chi connectivity index (χ4v) is 4.83. The smallest absolute Gasteiger partial charge is 0.262 e. The second-order valence-corrected chi connectivity index (χ2v) is 9.32. The molecule has 2 aromatic heterocycles. The number of nitrogens with one attached hydrogen (secondary N) is 1. The van der Waals surface area contributed by atoms with E-state index in [-0.39, 0.29) is 17.5 Å². The molecule has 0 fully saturated rings. The van der Waals surface area contributed by atoms with Crippen LogP contribution >= 0.6 is 23.4 Å². The third-order valence-corrected chi connectivity index (χ3v) is 6.93. The molecule has 0 saturated carbocycles. The van der Waals surface area contributed by atoms with Crippen LogP contribution in [-0.2, 0) is 12.3 Å². The van der Waals surface area contributed by atoms with Crippen molar-refractivity contribution in [3.8, 4) is 0 Å². The Morgan fingerprint density at radius 2 is 1.97 bits per heavy atom. The van der Waals surface area contributed by atoms with Gasteiger partial charge in [0.15, 0.2) is 5.16 Å². The van der Waals surface area contributed by atoms with Crippen LogP contribution in [0.4, 0.5) is 0 Å². The van der Waals surface area contributed by atoms with Gasteiger partial charge in [0, 0.05) is 28.9 Å². The van der Waals surface area contributed by atoms with E-state index in [1.54, 1.807) is 22.8 Å². The highest BCUT2D eigenvalue weighted by Gasteiger charge is 2.19. The van der Waals surface area contributed by atoms with Crippen LogP contribution in [-0.4, -0.2) is 31.1 Å². The summed E-state index contributed by atoms with van der Waals surface area (Å²) in [6.45, 7) is 6.52. The number of fused-ring (bicyclic) bond motifs is 3. The number of aryl methyl sites for hydroxylation is 1. The van der Waals surface area contributed by atoms with Gasteiger partial charge in [-0.3, -0.25) is 18.6 Å². The molecule has 0 saturated heterocycles. The summed E-state index contributed by atoms with van der Waals surface area (Å²) in [6.07, 6.45) is 1.62. The maximum atomic E-state index is 13.2. The van der Waals surface area contributed by atoms with Crippen molar-refractivity contribution >= 4 is 46.0 Å². The van der Waals surface area contributed by atoms with Gasteiger partial charge in [0.1, 0.15) is 0 Å². The zero-order valence-electron chi connectivity index (χ0n) is 18.8. The van der Waals surface area contributed by atoms with Crippen LogP contribution in [0.1, 0.15) is 49.5 Å². The van der Waals surface area contributed by atoms with Gasteiger partial charge in [-0.2, -0.15) is 0 Å². The van der Waals surface area contributed by atoms with Crippen molar-refractivity contribution in [3.63, 3.8) is 0 Å². The molecule has 172 valence electrons. The lowest BCUT2D eigenvalue weighted by Crippen LogP contribution is -2.32. The summed E-state index contributed by atoms with van der Waals surface area (Å²) in [5.74, 6) is 0.897. The number of nitrogens with zero attached hydrogens (tertiary/aromatic N) is 4. The first kappa shape index (κ1) is 23.3. The summed E-state index contributed by atoms with van der Waals surface area (Å²) in [6, 6.07) is 12.9. The van der Waals surface area contributed by atoms with E-state index in [2.05, 4.69) is 15.5 Å². The zero-order chi connectivity index (χ0) is 23.5. The van der Waals surface area contributed by atoms with Gasteiger partial charge in [0.05, 0.1) is 10.9 Å². The summed E-state index contributed by atoms with van der Waals surface area (Å²) in [5, 5.41) is 13.6. The molecule has 1 N–H and O–H groups in total. The van der Waals surface area contributed by atoms with Crippen LogP contribution in [0.15, 0.2) is 52.4 Å². The minimum atomic E-state index is -0.171. The van der Waals surface area contributed by atoms with Crippen molar-refractivity contribution in [2.24, 2.45) is 0 Å². The maximum absolute atomic E-state index is 13.2. The van der Waals surface area contributed by atoms with E-state index in [0.717, 1.165) is 18.4 Å². The number of hydrogen-bond donors (Lipinski definition) is 1. The number of halogens is 1. The molecule has 2 heterocycles. The molecule has 0 aliphatic heterocycles. The largest absolute Gasteiger partial charge is 0.350 e. The van der Waals surface area contributed by atoms with Gasteiger partial charge in [0.25, 0.3) is 11.5 Å².